The van der Waals surface area contributed by atoms with Gasteiger partial charge in [0.2, 0.25) is 0 Å². The molecular formula is C16H23N. The maximum Gasteiger partial charge on any atom is 0.00727 e. The van der Waals surface area contributed by atoms with Gasteiger partial charge in [0.25, 0.3) is 0 Å². The number of hydrogen-bond donors (Lipinski definition) is 1. The lowest BCUT2D eigenvalue weighted by atomic mass is 9.98. The van der Waals surface area contributed by atoms with Crippen molar-refractivity contribution in [2.75, 3.05) is 0 Å². The second kappa shape index (κ2) is 4.81. The van der Waals surface area contributed by atoms with Gasteiger partial charge in [-0.25, -0.2) is 0 Å². The van der Waals surface area contributed by atoms with Crippen LogP contribution in [0.25, 0.3) is 0 Å². The van der Waals surface area contributed by atoms with Crippen molar-refractivity contribution in [2.45, 2.75) is 44.6 Å². The summed E-state index contributed by atoms with van der Waals surface area (Å²) in [6.07, 6.45) is 8.04. The first-order chi connectivity index (χ1) is 8.36. The van der Waals surface area contributed by atoms with E-state index in [0.29, 0.717) is 6.04 Å². The molecule has 2 fully saturated rings. The van der Waals surface area contributed by atoms with Gasteiger partial charge in [0.05, 0.1) is 0 Å². The number of aryl methyl sites for hydroxylation is 1. The van der Waals surface area contributed by atoms with Crippen molar-refractivity contribution >= 4 is 0 Å². The average Bonchev–Trinajstić information content (AvgIpc) is 2.84. The maximum absolute atomic E-state index is 6.33. The van der Waals surface area contributed by atoms with Gasteiger partial charge >= 0.3 is 0 Å². The van der Waals surface area contributed by atoms with Crippen LogP contribution in [0.5, 0.6) is 0 Å². The van der Waals surface area contributed by atoms with E-state index in [-0.39, 0.29) is 0 Å². The van der Waals surface area contributed by atoms with E-state index in [1.54, 1.807) is 0 Å². The van der Waals surface area contributed by atoms with Crippen molar-refractivity contribution in [1.82, 2.24) is 0 Å². The minimum atomic E-state index is 0.481. The van der Waals surface area contributed by atoms with Gasteiger partial charge in [-0.1, -0.05) is 36.8 Å². The Morgan fingerprint density at radius 3 is 2.53 bits per heavy atom. The quantitative estimate of drug-likeness (QED) is 0.823. The van der Waals surface area contributed by atoms with Crippen molar-refractivity contribution in [3.8, 4) is 0 Å². The molecule has 2 N–H and O–H groups in total. The van der Waals surface area contributed by atoms with Gasteiger partial charge in [-0.3, -0.25) is 0 Å². The second-order valence-electron chi connectivity index (χ2n) is 5.88. The summed E-state index contributed by atoms with van der Waals surface area (Å²) in [4.78, 5) is 0. The van der Waals surface area contributed by atoms with E-state index in [9.17, 15) is 0 Å². The second-order valence-corrected chi connectivity index (χ2v) is 5.88. The summed E-state index contributed by atoms with van der Waals surface area (Å²) in [6, 6.07) is 11.3. The summed E-state index contributed by atoms with van der Waals surface area (Å²) in [5.74, 6) is 2.92. The average molecular weight is 229 g/mol. The highest BCUT2D eigenvalue weighted by Gasteiger charge is 2.54. The molecule has 2 aliphatic rings. The standard InChI is InChI=1S/C16H23N/c17-15(16-13-9-5-10-14(13)16)11-4-8-12-6-2-1-3-7-12/h1-3,6-7,13-16H,4-5,8-11,17H2. The molecule has 1 heteroatoms. The highest BCUT2D eigenvalue weighted by atomic mass is 14.7. The molecule has 0 bridgehead atoms. The van der Waals surface area contributed by atoms with Gasteiger partial charge in [-0.05, 0) is 55.4 Å². The van der Waals surface area contributed by atoms with E-state index in [4.69, 9.17) is 5.73 Å². The van der Waals surface area contributed by atoms with E-state index in [2.05, 4.69) is 30.3 Å². The Morgan fingerprint density at radius 1 is 1.12 bits per heavy atom. The van der Waals surface area contributed by atoms with E-state index < -0.39 is 0 Å². The fourth-order valence-electron chi connectivity index (χ4n) is 3.89. The fourth-order valence-corrected chi connectivity index (χ4v) is 3.89. The van der Waals surface area contributed by atoms with Crippen LogP contribution in [0.15, 0.2) is 30.3 Å². The molecule has 92 valence electrons. The van der Waals surface area contributed by atoms with Crippen molar-refractivity contribution in [1.29, 1.82) is 0 Å². The number of rotatable bonds is 5. The lowest BCUT2D eigenvalue weighted by Crippen LogP contribution is -2.24. The van der Waals surface area contributed by atoms with E-state index in [1.165, 1.54) is 44.1 Å². The summed E-state index contributed by atoms with van der Waals surface area (Å²) >= 11 is 0. The third-order valence-electron chi connectivity index (χ3n) is 4.81. The molecule has 1 nitrogen and oxygen atoms in total. The zero-order chi connectivity index (χ0) is 11.7. The first-order valence-corrected chi connectivity index (χ1v) is 7.16. The number of nitrogens with two attached hydrogens (primary N) is 1. The van der Waals surface area contributed by atoms with Crippen LogP contribution < -0.4 is 5.73 Å². The molecule has 0 saturated heterocycles. The minimum Gasteiger partial charge on any atom is -0.327 e. The molecule has 3 rings (SSSR count). The first-order valence-electron chi connectivity index (χ1n) is 7.16. The third-order valence-corrected chi connectivity index (χ3v) is 4.81. The molecule has 1 aromatic carbocycles. The van der Waals surface area contributed by atoms with Gasteiger partial charge in [0.1, 0.15) is 0 Å². The molecule has 0 radical (unpaired) electrons. The monoisotopic (exact) mass is 229 g/mol. The van der Waals surface area contributed by atoms with Crippen LogP contribution in [-0.2, 0) is 6.42 Å². The Morgan fingerprint density at radius 2 is 1.82 bits per heavy atom. The van der Waals surface area contributed by atoms with Crippen molar-refractivity contribution in [3.63, 3.8) is 0 Å². The Labute approximate surface area is 104 Å². The lowest BCUT2D eigenvalue weighted by Gasteiger charge is -2.13. The van der Waals surface area contributed by atoms with Crippen LogP contribution in [0.4, 0.5) is 0 Å². The van der Waals surface area contributed by atoms with Crippen molar-refractivity contribution in [3.05, 3.63) is 35.9 Å². The topological polar surface area (TPSA) is 26.0 Å². The molecule has 0 aliphatic heterocycles. The smallest absolute Gasteiger partial charge is 0.00727 e. The van der Waals surface area contributed by atoms with Crippen LogP contribution in [-0.4, -0.2) is 6.04 Å². The molecule has 0 aromatic heterocycles. The summed E-state index contributed by atoms with van der Waals surface area (Å²) in [5, 5.41) is 0. The Kier molecular flexibility index (Phi) is 3.19. The normalized spacial score (nSPS) is 32.2. The van der Waals surface area contributed by atoms with Crippen LogP contribution in [0.2, 0.25) is 0 Å². The molecular weight excluding hydrogens is 206 g/mol. The van der Waals surface area contributed by atoms with Gasteiger partial charge in [0.15, 0.2) is 0 Å². The lowest BCUT2D eigenvalue weighted by molar-refractivity contribution is 0.452. The number of hydrogen-bond acceptors (Lipinski definition) is 1. The van der Waals surface area contributed by atoms with Crippen molar-refractivity contribution in [2.24, 2.45) is 23.5 Å². The number of benzene rings is 1. The number of fused-ring (bicyclic) bond motifs is 1. The zero-order valence-electron chi connectivity index (χ0n) is 10.5. The van der Waals surface area contributed by atoms with Gasteiger partial charge in [-0.2, -0.15) is 0 Å². The molecule has 0 spiro atoms. The molecule has 17 heavy (non-hydrogen) atoms. The van der Waals surface area contributed by atoms with Crippen LogP contribution in [0.3, 0.4) is 0 Å². The molecule has 0 heterocycles. The third kappa shape index (κ3) is 2.40. The highest BCUT2D eigenvalue weighted by molar-refractivity contribution is 5.14. The van der Waals surface area contributed by atoms with Gasteiger partial charge < -0.3 is 5.73 Å². The fraction of sp³-hybridized carbons (Fsp3) is 0.625. The summed E-state index contributed by atoms with van der Waals surface area (Å²) < 4.78 is 0. The first kappa shape index (κ1) is 11.3. The Hall–Kier alpha value is -0.820. The van der Waals surface area contributed by atoms with E-state index in [1.807, 2.05) is 0 Å². The SMILES string of the molecule is NC(CCCc1ccccc1)C1C2CCCC21. The molecule has 2 saturated carbocycles. The maximum atomic E-state index is 6.33. The Balaban J connectivity index is 1.40. The highest BCUT2D eigenvalue weighted by Crippen LogP contribution is 2.59. The van der Waals surface area contributed by atoms with Crippen LogP contribution >= 0.6 is 0 Å². The largest absolute Gasteiger partial charge is 0.327 e. The predicted octanol–water partition coefficient (Wildman–Crippen LogP) is 3.38. The van der Waals surface area contributed by atoms with Crippen molar-refractivity contribution < 1.29 is 0 Å². The zero-order valence-corrected chi connectivity index (χ0v) is 10.5. The molecule has 3 unspecified atom stereocenters. The predicted molar refractivity (Wildman–Crippen MR) is 71.7 cm³/mol. The van der Waals surface area contributed by atoms with E-state index in [0.717, 1.165) is 17.8 Å². The summed E-state index contributed by atoms with van der Waals surface area (Å²) in [6.45, 7) is 0. The van der Waals surface area contributed by atoms with Crippen LogP contribution in [0.1, 0.15) is 37.7 Å². The summed E-state index contributed by atoms with van der Waals surface area (Å²) in [5.41, 5.74) is 7.79. The van der Waals surface area contributed by atoms with E-state index >= 15 is 0 Å². The minimum absolute atomic E-state index is 0.481. The molecule has 2 aliphatic carbocycles. The van der Waals surface area contributed by atoms with Gasteiger partial charge in [-0.15, -0.1) is 0 Å². The molecule has 1 aromatic rings. The Bertz CT molecular complexity index is 349. The molecule has 3 atom stereocenters. The van der Waals surface area contributed by atoms with Gasteiger partial charge in [0, 0.05) is 6.04 Å². The summed E-state index contributed by atoms with van der Waals surface area (Å²) in [7, 11) is 0. The van der Waals surface area contributed by atoms with Crippen LogP contribution in [0, 0.1) is 17.8 Å². The molecule has 0 amide bonds.